The molecule has 3 rings (SSSR count). The second-order valence-corrected chi connectivity index (χ2v) is 8.03. The highest BCUT2D eigenvalue weighted by Crippen LogP contribution is 2.20. The number of fused-ring (bicyclic) bond motifs is 1. The fraction of sp³-hybridized carbons (Fsp3) is 0.375. The third-order valence-electron chi connectivity index (χ3n) is 3.86. The first-order chi connectivity index (χ1) is 11.3. The van der Waals surface area contributed by atoms with Crippen LogP contribution in [0, 0.1) is 0 Å². The zero-order chi connectivity index (χ0) is 17.3. The number of esters is 1. The first kappa shape index (κ1) is 16.5. The van der Waals surface area contributed by atoms with Gasteiger partial charge in [0.1, 0.15) is 5.58 Å². The molecule has 1 aromatic heterocycles. The molecule has 0 aliphatic carbocycles. The normalized spacial score (nSPS) is 20.6. The number of amides is 1. The minimum atomic E-state index is -3.09. The van der Waals surface area contributed by atoms with Gasteiger partial charge in [0.15, 0.2) is 15.9 Å². The third kappa shape index (κ3) is 3.59. The van der Waals surface area contributed by atoms with E-state index in [0.717, 1.165) is 5.39 Å². The van der Waals surface area contributed by atoms with Crippen LogP contribution in [-0.2, 0) is 19.4 Å². The van der Waals surface area contributed by atoms with E-state index in [9.17, 15) is 18.0 Å². The summed E-state index contributed by atoms with van der Waals surface area (Å²) in [4.78, 5) is 24.1. The van der Waals surface area contributed by atoms with E-state index in [1.807, 2.05) is 6.07 Å². The van der Waals surface area contributed by atoms with Gasteiger partial charge in [0, 0.05) is 11.4 Å². The topological polar surface area (TPSA) is 103 Å². The maximum atomic E-state index is 12.1. The van der Waals surface area contributed by atoms with E-state index < -0.39 is 33.9 Å². The smallest absolute Gasteiger partial charge is 0.375 e. The molecular formula is C16H17NO6S. The lowest BCUT2D eigenvalue weighted by atomic mass is 10.2. The summed E-state index contributed by atoms with van der Waals surface area (Å²) < 4.78 is 33.3. The van der Waals surface area contributed by atoms with Crippen molar-refractivity contribution < 1.29 is 27.2 Å². The number of nitrogens with one attached hydrogen (secondary N) is 1. The Morgan fingerprint density at radius 3 is 2.75 bits per heavy atom. The van der Waals surface area contributed by atoms with E-state index in [-0.39, 0.29) is 17.3 Å². The van der Waals surface area contributed by atoms with Gasteiger partial charge in [0.2, 0.25) is 5.76 Å². The Bertz CT molecular complexity index is 852. The molecule has 1 amide bonds. The standard InChI is InChI=1S/C16H17NO6S/c1-10(15(18)17-12-6-7-24(20,21)9-12)22-16(19)14-8-11-4-2-3-5-13(11)23-14/h2-5,8,10,12H,6-7,9H2,1H3,(H,17,18)/t10-,12-/m0/s1. The molecule has 24 heavy (non-hydrogen) atoms. The quantitative estimate of drug-likeness (QED) is 0.833. The molecule has 0 spiro atoms. The molecule has 0 radical (unpaired) electrons. The molecule has 1 N–H and O–H groups in total. The van der Waals surface area contributed by atoms with E-state index in [4.69, 9.17) is 9.15 Å². The predicted molar refractivity (Wildman–Crippen MR) is 86.3 cm³/mol. The molecule has 2 atom stereocenters. The Balaban J connectivity index is 1.60. The molecule has 1 aliphatic heterocycles. The van der Waals surface area contributed by atoms with Crippen LogP contribution in [-0.4, -0.2) is 43.9 Å². The maximum absolute atomic E-state index is 12.1. The van der Waals surface area contributed by atoms with Crippen LogP contribution in [0.1, 0.15) is 23.9 Å². The van der Waals surface area contributed by atoms with Gasteiger partial charge in [0.25, 0.3) is 5.91 Å². The Morgan fingerprint density at radius 2 is 2.08 bits per heavy atom. The van der Waals surface area contributed by atoms with Crippen molar-refractivity contribution in [3.05, 3.63) is 36.1 Å². The van der Waals surface area contributed by atoms with Gasteiger partial charge in [-0.05, 0) is 25.5 Å². The lowest BCUT2D eigenvalue weighted by Crippen LogP contribution is -2.42. The molecule has 8 heteroatoms. The van der Waals surface area contributed by atoms with E-state index in [0.29, 0.717) is 12.0 Å². The summed E-state index contributed by atoms with van der Waals surface area (Å²) in [5, 5.41) is 3.35. The van der Waals surface area contributed by atoms with E-state index in [1.54, 1.807) is 24.3 Å². The molecule has 0 unspecified atom stereocenters. The number of hydrogen-bond acceptors (Lipinski definition) is 6. The molecule has 2 aromatic rings. The fourth-order valence-corrected chi connectivity index (χ4v) is 4.26. The molecule has 1 aromatic carbocycles. The summed E-state index contributed by atoms with van der Waals surface area (Å²) >= 11 is 0. The Hall–Kier alpha value is -2.35. The van der Waals surface area contributed by atoms with Gasteiger partial charge < -0.3 is 14.5 Å². The van der Waals surface area contributed by atoms with Crippen molar-refractivity contribution in [3.63, 3.8) is 0 Å². The highest BCUT2D eigenvalue weighted by molar-refractivity contribution is 7.91. The summed E-state index contributed by atoms with van der Waals surface area (Å²) in [5.74, 6) is -1.28. The molecular weight excluding hydrogens is 334 g/mol. The molecule has 128 valence electrons. The fourth-order valence-electron chi connectivity index (χ4n) is 2.58. The number of carbonyl (C=O) groups is 2. The average molecular weight is 351 g/mol. The number of sulfone groups is 1. The second-order valence-electron chi connectivity index (χ2n) is 5.80. The van der Waals surface area contributed by atoms with Crippen LogP contribution >= 0.6 is 0 Å². The monoisotopic (exact) mass is 351 g/mol. The lowest BCUT2D eigenvalue weighted by molar-refractivity contribution is -0.129. The Labute approximate surface area is 138 Å². The van der Waals surface area contributed by atoms with Crippen molar-refractivity contribution in [1.82, 2.24) is 5.32 Å². The highest BCUT2D eigenvalue weighted by Gasteiger charge is 2.31. The molecule has 1 aliphatic rings. The minimum absolute atomic E-state index is 0.0132. The highest BCUT2D eigenvalue weighted by atomic mass is 32.2. The van der Waals surface area contributed by atoms with Crippen LogP contribution in [0.15, 0.2) is 34.7 Å². The molecule has 1 fully saturated rings. The van der Waals surface area contributed by atoms with Gasteiger partial charge >= 0.3 is 5.97 Å². The number of carbonyl (C=O) groups excluding carboxylic acids is 2. The van der Waals surface area contributed by atoms with E-state index in [2.05, 4.69) is 5.32 Å². The zero-order valence-corrected chi connectivity index (χ0v) is 13.8. The summed E-state index contributed by atoms with van der Waals surface area (Å²) in [5.41, 5.74) is 0.553. The number of furan rings is 1. The first-order valence-corrected chi connectivity index (χ1v) is 9.36. The number of para-hydroxylation sites is 1. The van der Waals surface area contributed by atoms with Crippen LogP contribution < -0.4 is 5.32 Å². The van der Waals surface area contributed by atoms with Crippen molar-refractivity contribution >= 4 is 32.7 Å². The summed E-state index contributed by atoms with van der Waals surface area (Å²) in [6.45, 7) is 1.43. The summed E-state index contributed by atoms with van der Waals surface area (Å²) in [7, 11) is -3.09. The van der Waals surface area contributed by atoms with E-state index >= 15 is 0 Å². The molecule has 0 saturated carbocycles. The maximum Gasteiger partial charge on any atom is 0.375 e. The third-order valence-corrected chi connectivity index (χ3v) is 5.63. The van der Waals surface area contributed by atoms with Gasteiger partial charge in [-0.25, -0.2) is 13.2 Å². The second kappa shape index (κ2) is 6.27. The van der Waals surface area contributed by atoms with Crippen molar-refractivity contribution in [1.29, 1.82) is 0 Å². The van der Waals surface area contributed by atoms with Crippen LogP contribution in [0.3, 0.4) is 0 Å². The van der Waals surface area contributed by atoms with Crippen LogP contribution in [0.5, 0.6) is 0 Å². The number of benzene rings is 1. The SMILES string of the molecule is C[C@H](OC(=O)c1cc2ccccc2o1)C(=O)N[C@H]1CCS(=O)(=O)C1. The lowest BCUT2D eigenvalue weighted by Gasteiger charge is -2.15. The van der Waals surface area contributed by atoms with Crippen molar-refractivity contribution in [2.75, 3.05) is 11.5 Å². The summed E-state index contributed by atoms with van der Waals surface area (Å²) in [6, 6.07) is 8.24. The zero-order valence-electron chi connectivity index (χ0n) is 13.0. The number of ether oxygens (including phenoxy) is 1. The largest absolute Gasteiger partial charge is 0.449 e. The number of rotatable bonds is 4. The van der Waals surface area contributed by atoms with Gasteiger partial charge in [0.05, 0.1) is 11.5 Å². The van der Waals surface area contributed by atoms with Crippen LogP contribution in [0.25, 0.3) is 11.0 Å². The number of hydrogen-bond donors (Lipinski definition) is 1. The molecule has 2 heterocycles. The van der Waals surface area contributed by atoms with Crippen LogP contribution in [0.2, 0.25) is 0 Å². The summed E-state index contributed by atoms with van der Waals surface area (Å²) in [6.07, 6.45) is -0.674. The van der Waals surface area contributed by atoms with Crippen molar-refractivity contribution in [2.45, 2.75) is 25.5 Å². The van der Waals surface area contributed by atoms with Gasteiger partial charge in [-0.15, -0.1) is 0 Å². The van der Waals surface area contributed by atoms with Gasteiger partial charge in [-0.3, -0.25) is 4.79 Å². The average Bonchev–Trinajstić information content (AvgIpc) is 3.10. The molecule has 7 nitrogen and oxygen atoms in total. The van der Waals surface area contributed by atoms with Gasteiger partial charge in [-0.1, -0.05) is 18.2 Å². The molecule has 1 saturated heterocycles. The van der Waals surface area contributed by atoms with E-state index in [1.165, 1.54) is 6.92 Å². The Kier molecular flexibility index (Phi) is 4.31. The predicted octanol–water partition coefficient (Wildman–Crippen LogP) is 1.28. The van der Waals surface area contributed by atoms with Gasteiger partial charge in [-0.2, -0.15) is 0 Å². The van der Waals surface area contributed by atoms with Crippen molar-refractivity contribution in [2.24, 2.45) is 0 Å². The minimum Gasteiger partial charge on any atom is -0.449 e. The van der Waals surface area contributed by atoms with Crippen molar-refractivity contribution in [3.8, 4) is 0 Å². The Morgan fingerprint density at radius 1 is 1.33 bits per heavy atom. The molecule has 0 bridgehead atoms. The van der Waals surface area contributed by atoms with Crippen LogP contribution in [0.4, 0.5) is 0 Å². The first-order valence-electron chi connectivity index (χ1n) is 7.54.